The van der Waals surface area contributed by atoms with Crippen LogP contribution in [0.15, 0.2) is 24.3 Å². The van der Waals surface area contributed by atoms with Gasteiger partial charge in [0.2, 0.25) is 5.82 Å². The van der Waals surface area contributed by atoms with Gasteiger partial charge in [0.25, 0.3) is 0 Å². The maximum Gasteiger partial charge on any atom is 0.449 e. The summed E-state index contributed by atoms with van der Waals surface area (Å²) < 4.78 is 40.2. The predicted molar refractivity (Wildman–Crippen MR) is 68.7 cm³/mol. The van der Waals surface area contributed by atoms with Gasteiger partial charge in [-0.05, 0) is 18.6 Å². The molecule has 2 aromatic rings. The van der Waals surface area contributed by atoms with Gasteiger partial charge in [0, 0.05) is 13.0 Å². The van der Waals surface area contributed by atoms with Gasteiger partial charge in [0.05, 0.1) is 29.1 Å². The van der Waals surface area contributed by atoms with Crippen molar-refractivity contribution in [2.24, 2.45) is 5.92 Å². The Morgan fingerprint density at radius 1 is 1.24 bits per heavy atom. The average Bonchev–Trinajstić information content (AvgIpc) is 2.82. The van der Waals surface area contributed by atoms with Gasteiger partial charge in [-0.2, -0.15) is 23.7 Å². The van der Waals surface area contributed by atoms with Crippen LogP contribution in [0.25, 0.3) is 11.0 Å². The van der Waals surface area contributed by atoms with Crippen LogP contribution in [-0.2, 0) is 12.7 Å². The lowest BCUT2D eigenvalue weighted by Gasteiger charge is -2.14. The summed E-state index contributed by atoms with van der Waals surface area (Å²) in [5, 5.41) is 17.6. The van der Waals surface area contributed by atoms with Gasteiger partial charge in [-0.3, -0.25) is 0 Å². The molecule has 21 heavy (non-hydrogen) atoms. The van der Waals surface area contributed by atoms with Gasteiger partial charge in [0.15, 0.2) is 0 Å². The monoisotopic (exact) mass is 292 g/mol. The number of hydrogen-bond acceptors (Lipinski definition) is 3. The highest BCUT2D eigenvalue weighted by Crippen LogP contribution is 2.32. The molecule has 1 atom stereocenters. The third-order valence-corrected chi connectivity index (χ3v) is 3.10. The predicted octanol–water partition coefficient (Wildman–Crippen LogP) is 3.50. The first-order valence-electron chi connectivity index (χ1n) is 6.26. The Morgan fingerprint density at radius 3 is 2.57 bits per heavy atom. The first kappa shape index (κ1) is 14.9. The van der Waals surface area contributed by atoms with Gasteiger partial charge in [-0.15, -0.1) is 0 Å². The van der Waals surface area contributed by atoms with Crippen LogP contribution < -0.4 is 0 Å². The van der Waals surface area contributed by atoms with Crippen molar-refractivity contribution in [2.75, 3.05) is 0 Å². The molecule has 0 unspecified atom stereocenters. The number of nitrogens with zero attached hydrogens (tertiary/aromatic N) is 4. The van der Waals surface area contributed by atoms with E-state index in [9.17, 15) is 13.2 Å². The molecule has 1 aromatic carbocycles. The lowest BCUT2D eigenvalue weighted by Crippen LogP contribution is -2.18. The fourth-order valence-electron chi connectivity index (χ4n) is 2.13. The highest BCUT2D eigenvalue weighted by Gasteiger charge is 2.37. The second-order valence-electron chi connectivity index (χ2n) is 4.56. The summed E-state index contributed by atoms with van der Waals surface area (Å²) in [6, 6.07) is 10.1. The van der Waals surface area contributed by atoms with Crippen LogP contribution in [0.4, 0.5) is 13.2 Å². The maximum atomic E-state index is 13.1. The van der Waals surface area contributed by atoms with Crippen molar-refractivity contribution in [1.29, 1.82) is 10.5 Å². The maximum absolute atomic E-state index is 13.1. The molecule has 0 bridgehead atoms. The molecular formula is C14H11F3N4. The highest BCUT2D eigenvalue weighted by molar-refractivity contribution is 5.76. The minimum Gasteiger partial charge on any atom is -0.319 e. The molecule has 0 saturated heterocycles. The first-order chi connectivity index (χ1) is 9.97. The second-order valence-corrected chi connectivity index (χ2v) is 4.56. The zero-order valence-corrected chi connectivity index (χ0v) is 10.9. The van der Waals surface area contributed by atoms with E-state index in [1.165, 1.54) is 12.1 Å². The molecule has 7 heteroatoms. The molecule has 0 aliphatic rings. The van der Waals surface area contributed by atoms with E-state index in [1.54, 1.807) is 12.1 Å². The number of hydrogen-bond donors (Lipinski definition) is 0. The van der Waals surface area contributed by atoms with Crippen molar-refractivity contribution in [3.8, 4) is 12.1 Å². The minimum atomic E-state index is -4.59. The fourth-order valence-corrected chi connectivity index (χ4v) is 2.13. The third-order valence-electron chi connectivity index (χ3n) is 3.10. The molecule has 0 aliphatic carbocycles. The molecule has 0 spiro atoms. The topological polar surface area (TPSA) is 65.4 Å². The largest absolute Gasteiger partial charge is 0.449 e. The number of benzene rings is 1. The Morgan fingerprint density at radius 2 is 1.95 bits per heavy atom. The Kier molecular flexibility index (Phi) is 4.13. The summed E-state index contributed by atoms with van der Waals surface area (Å²) >= 11 is 0. The molecule has 108 valence electrons. The van der Waals surface area contributed by atoms with Gasteiger partial charge >= 0.3 is 6.18 Å². The van der Waals surface area contributed by atoms with E-state index in [4.69, 9.17) is 10.5 Å². The summed E-state index contributed by atoms with van der Waals surface area (Å²) in [5.74, 6) is -1.68. The van der Waals surface area contributed by atoms with E-state index in [-0.39, 0.29) is 24.9 Å². The number of alkyl halides is 3. The number of imidazole rings is 1. The number of halogens is 3. The molecule has 0 amide bonds. The molecule has 0 N–H and O–H groups in total. The number of fused-ring (bicyclic) bond motifs is 1. The van der Waals surface area contributed by atoms with E-state index in [0.29, 0.717) is 5.52 Å². The van der Waals surface area contributed by atoms with Gasteiger partial charge in [-0.25, -0.2) is 4.98 Å². The minimum absolute atomic E-state index is 0.131. The summed E-state index contributed by atoms with van der Waals surface area (Å²) in [6.07, 6.45) is -4.22. The Hall–Kier alpha value is -2.54. The van der Waals surface area contributed by atoms with Crippen molar-refractivity contribution in [2.45, 2.75) is 25.6 Å². The summed E-state index contributed by atoms with van der Waals surface area (Å²) in [4.78, 5) is 3.62. The van der Waals surface area contributed by atoms with Gasteiger partial charge in [-0.1, -0.05) is 12.1 Å². The van der Waals surface area contributed by atoms with Crippen LogP contribution in [0.1, 0.15) is 18.7 Å². The third kappa shape index (κ3) is 3.14. The Balaban J connectivity index is 2.46. The van der Waals surface area contributed by atoms with Gasteiger partial charge < -0.3 is 4.57 Å². The lowest BCUT2D eigenvalue weighted by molar-refractivity contribution is -0.147. The van der Waals surface area contributed by atoms with Crippen molar-refractivity contribution in [1.82, 2.24) is 9.55 Å². The summed E-state index contributed by atoms with van der Waals surface area (Å²) in [6.45, 7) is -0.131. The van der Waals surface area contributed by atoms with E-state index in [2.05, 4.69) is 4.98 Å². The average molecular weight is 292 g/mol. The van der Waals surface area contributed by atoms with Crippen molar-refractivity contribution >= 4 is 11.0 Å². The van der Waals surface area contributed by atoms with Crippen LogP contribution in [0.3, 0.4) is 0 Å². The van der Waals surface area contributed by atoms with Crippen molar-refractivity contribution in [3.63, 3.8) is 0 Å². The Labute approximate surface area is 119 Å². The standard InChI is InChI=1S/C14H11F3N4/c15-14(16,17)13-20-11-5-1-2-6-12(11)21(13)9-10(8-19)4-3-7-18/h1-2,5-6,10H,3-4,9H2/t10-/m0/s1. The fraction of sp³-hybridized carbons (Fsp3) is 0.357. The van der Waals surface area contributed by atoms with Crippen molar-refractivity contribution in [3.05, 3.63) is 30.1 Å². The van der Waals surface area contributed by atoms with Crippen LogP contribution in [-0.4, -0.2) is 9.55 Å². The van der Waals surface area contributed by atoms with E-state index in [1.807, 2.05) is 12.1 Å². The molecule has 0 fully saturated rings. The molecule has 1 heterocycles. The number of para-hydroxylation sites is 2. The molecule has 1 aromatic heterocycles. The van der Waals surface area contributed by atoms with Gasteiger partial charge in [0.1, 0.15) is 0 Å². The molecule has 4 nitrogen and oxygen atoms in total. The molecular weight excluding hydrogens is 281 g/mol. The second kappa shape index (κ2) is 5.84. The SMILES string of the molecule is N#CCC[C@@H](C#N)Cn1c(C(F)(F)F)nc2ccccc21. The lowest BCUT2D eigenvalue weighted by atomic mass is 10.1. The van der Waals surface area contributed by atoms with E-state index < -0.39 is 17.9 Å². The Bertz CT molecular complexity index is 718. The van der Waals surface area contributed by atoms with Crippen molar-refractivity contribution < 1.29 is 13.2 Å². The zero-order valence-electron chi connectivity index (χ0n) is 10.9. The number of rotatable bonds is 4. The smallest absolute Gasteiger partial charge is 0.319 e. The number of nitriles is 2. The quantitative estimate of drug-likeness (QED) is 0.866. The van der Waals surface area contributed by atoms with Crippen LogP contribution in [0.2, 0.25) is 0 Å². The van der Waals surface area contributed by atoms with Crippen LogP contribution in [0.5, 0.6) is 0 Å². The summed E-state index contributed by atoms with van der Waals surface area (Å²) in [7, 11) is 0. The zero-order chi connectivity index (χ0) is 15.5. The van der Waals surface area contributed by atoms with Crippen LogP contribution in [0, 0.1) is 28.6 Å². The highest BCUT2D eigenvalue weighted by atomic mass is 19.4. The molecule has 0 saturated carbocycles. The molecule has 2 rings (SSSR count). The normalized spacial score (nSPS) is 12.8. The molecule has 0 radical (unpaired) electrons. The van der Waals surface area contributed by atoms with E-state index in [0.717, 1.165) is 4.57 Å². The van der Waals surface area contributed by atoms with Crippen LogP contribution >= 0.6 is 0 Å². The summed E-state index contributed by atoms with van der Waals surface area (Å²) in [5.41, 5.74) is 0.573. The number of aromatic nitrogens is 2. The van der Waals surface area contributed by atoms with E-state index >= 15 is 0 Å². The first-order valence-corrected chi connectivity index (χ1v) is 6.26. The molecule has 0 aliphatic heterocycles.